The van der Waals surface area contributed by atoms with Gasteiger partial charge in [0.2, 0.25) is 5.91 Å². The summed E-state index contributed by atoms with van der Waals surface area (Å²) in [6, 6.07) is 14.0. The molecule has 1 fully saturated rings. The number of hydrogen-bond donors (Lipinski definition) is 0. The van der Waals surface area contributed by atoms with Crippen LogP contribution in [0.3, 0.4) is 0 Å². The quantitative estimate of drug-likeness (QED) is 0.749. The number of hydrogen-bond acceptors (Lipinski definition) is 4. The highest BCUT2D eigenvalue weighted by atomic mass is 19.1. The lowest BCUT2D eigenvalue weighted by molar-refractivity contribution is -0.132. The lowest BCUT2D eigenvalue weighted by Crippen LogP contribution is -2.50. The van der Waals surface area contributed by atoms with Gasteiger partial charge in [-0.05, 0) is 35.9 Å². The van der Waals surface area contributed by atoms with E-state index in [4.69, 9.17) is 9.47 Å². The van der Waals surface area contributed by atoms with Crippen molar-refractivity contribution in [2.24, 2.45) is 0 Å². The number of halogens is 1. The standard InChI is InChI=1S/C21H25FN2O3/c1-26-18-6-8-19(9-7-18)27-15-14-23-10-12-24(13-11-23)21(25)16-17-4-2-3-5-20(17)22/h2-9H,10-16H2,1H3. The first-order valence-corrected chi connectivity index (χ1v) is 9.16. The van der Waals surface area contributed by atoms with E-state index >= 15 is 0 Å². The molecule has 1 amide bonds. The van der Waals surface area contributed by atoms with E-state index in [1.807, 2.05) is 29.2 Å². The Kier molecular flexibility index (Phi) is 6.65. The fraction of sp³-hybridized carbons (Fsp3) is 0.381. The summed E-state index contributed by atoms with van der Waals surface area (Å²) >= 11 is 0. The van der Waals surface area contributed by atoms with Crippen LogP contribution in [0, 0.1) is 5.82 Å². The summed E-state index contributed by atoms with van der Waals surface area (Å²) in [6.07, 6.45) is 0.118. The molecule has 0 spiro atoms. The van der Waals surface area contributed by atoms with Crippen LogP contribution < -0.4 is 9.47 Å². The summed E-state index contributed by atoms with van der Waals surface area (Å²) in [6.45, 7) is 4.33. The Hall–Kier alpha value is -2.60. The minimum absolute atomic E-state index is 0.0192. The van der Waals surface area contributed by atoms with Gasteiger partial charge in [-0.3, -0.25) is 9.69 Å². The lowest BCUT2D eigenvalue weighted by Gasteiger charge is -2.34. The van der Waals surface area contributed by atoms with Crippen LogP contribution in [0.25, 0.3) is 0 Å². The molecule has 0 saturated carbocycles. The van der Waals surface area contributed by atoms with E-state index in [0.29, 0.717) is 25.3 Å². The predicted octanol–water partition coefficient (Wildman–Crippen LogP) is 2.60. The van der Waals surface area contributed by atoms with Gasteiger partial charge in [-0.25, -0.2) is 4.39 Å². The fourth-order valence-electron chi connectivity index (χ4n) is 3.10. The number of carbonyl (C=O) groups excluding carboxylic acids is 1. The largest absolute Gasteiger partial charge is 0.497 e. The number of rotatable bonds is 7. The van der Waals surface area contributed by atoms with Gasteiger partial charge in [-0.15, -0.1) is 0 Å². The van der Waals surface area contributed by atoms with Crippen LogP contribution in [0.5, 0.6) is 11.5 Å². The van der Waals surface area contributed by atoms with Crippen LogP contribution in [-0.4, -0.2) is 62.1 Å². The maximum absolute atomic E-state index is 13.7. The first-order valence-electron chi connectivity index (χ1n) is 9.16. The van der Waals surface area contributed by atoms with Gasteiger partial charge in [0.15, 0.2) is 0 Å². The van der Waals surface area contributed by atoms with Gasteiger partial charge in [-0.2, -0.15) is 0 Å². The number of piperazine rings is 1. The Labute approximate surface area is 159 Å². The SMILES string of the molecule is COc1ccc(OCCN2CCN(C(=O)Cc3ccccc3F)CC2)cc1. The van der Waals surface area contributed by atoms with Gasteiger partial charge in [0.05, 0.1) is 13.5 Å². The second-order valence-corrected chi connectivity index (χ2v) is 6.51. The highest BCUT2D eigenvalue weighted by Crippen LogP contribution is 2.17. The summed E-state index contributed by atoms with van der Waals surface area (Å²) in [5, 5.41) is 0. The topological polar surface area (TPSA) is 42.0 Å². The number of methoxy groups -OCH3 is 1. The summed E-state index contributed by atoms with van der Waals surface area (Å²) in [5.41, 5.74) is 0.456. The van der Waals surface area contributed by atoms with E-state index in [2.05, 4.69) is 4.90 Å². The van der Waals surface area contributed by atoms with Crippen molar-refractivity contribution in [2.45, 2.75) is 6.42 Å². The number of carbonyl (C=O) groups is 1. The van der Waals surface area contributed by atoms with Crippen molar-refractivity contribution < 1.29 is 18.7 Å². The summed E-state index contributed by atoms with van der Waals surface area (Å²) in [5.74, 6) is 1.28. The molecule has 0 radical (unpaired) electrons. The molecule has 0 unspecified atom stereocenters. The van der Waals surface area contributed by atoms with Crippen LogP contribution in [0.2, 0.25) is 0 Å². The van der Waals surface area contributed by atoms with Gasteiger partial charge >= 0.3 is 0 Å². The first-order chi connectivity index (χ1) is 13.2. The normalized spacial score (nSPS) is 14.8. The Morgan fingerprint density at radius 3 is 2.33 bits per heavy atom. The zero-order valence-electron chi connectivity index (χ0n) is 15.6. The Morgan fingerprint density at radius 2 is 1.67 bits per heavy atom. The molecule has 1 aliphatic rings. The Balaban J connectivity index is 1.38. The smallest absolute Gasteiger partial charge is 0.227 e. The molecule has 1 aliphatic heterocycles. The molecule has 27 heavy (non-hydrogen) atoms. The minimum atomic E-state index is -0.319. The molecule has 5 nitrogen and oxygen atoms in total. The van der Waals surface area contributed by atoms with Gasteiger partial charge in [0.25, 0.3) is 0 Å². The van der Waals surface area contributed by atoms with Crippen molar-refractivity contribution in [3.8, 4) is 11.5 Å². The summed E-state index contributed by atoms with van der Waals surface area (Å²) in [4.78, 5) is 16.5. The molecule has 1 heterocycles. The van der Waals surface area contributed by atoms with Crippen LogP contribution in [0.15, 0.2) is 48.5 Å². The van der Waals surface area contributed by atoms with Crippen LogP contribution in [0.4, 0.5) is 4.39 Å². The summed E-state index contributed by atoms with van der Waals surface area (Å²) < 4.78 is 24.6. The number of nitrogens with zero attached hydrogens (tertiary/aromatic N) is 2. The second-order valence-electron chi connectivity index (χ2n) is 6.51. The lowest BCUT2D eigenvalue weighted by atomic mass is 10.1. The van der Waals surface area contributed by atoms with Gasteiger partial charge in [0.1, 0.15) is 23.9 Å². The van der Waals surface area contributed by atoms with Crippen molar-refractivity contribution in [1.82, 2.24) is 9.80 Å². The van der Waals surface area contributed by atoms with E-state index in [0.717, 1.165) is 31.1 Å². The maximum Gasteiger partial charge on any atom is 0.227 e. The molecule has 2 aromatic rings. The average molecular weight is 372 g/mol. The zero-order valence-corrected chi connectivity index (χ0v) is 15.6. The molecule has 0 N–H and O–H groups in total. The van der Waals surface area contributed by atoms with E-state index in [1.54, 1.807) is 25.3 Å². The third kappa shape index (κ3) is 5.44. The molecule has 1 saturated heterocycles. The number of benzene rings is 2. The van der Waals surface area contributed by atoms with Crippen molar-refractivity contribution >= 4 is 5.91 Å². The summed E-state index contributed by atoms with van der Waals surface area (Å²) in [7, 11) is 1.64. The molecule has 0 bridgehead atoms. The molecular weight excluding hydrogens is 347 g/mol. The van der Waals surface area contributed by atoms with Crippen molar-refractivity contribution in [3.63, 3.8) is 0 Å². The maximum atomic E-state index is 13.7. The van der Waals surface area contributed by atoms with E-state index in [-0.39, 0.29) is 18.1 Å². The Bertz CT molecular complexity index is 743. The predicted molar refractivity (Wildman–Crippen MR) is 102 cm³/mol. The molecule has 0 aliphatic carbocycles. The second kappa shape index (κ2) is 9.37. The van der Waals surface area contributed by atoms with Crippen molar-refractivity contribution in [3.05, 3.63) is 59.9 Å². The number of ether oxygens (including phenoxy) is 2. The molecule has 0 aromatic heterocycles. The highest BCUT2D eigenvalue weighted by Gasteiger charge is 2.21. The molecule has 6 heteroatoms. The van der Waals surface area contributed by atoms with E-state index in [9.17, 15) is 9.18 Å². The highest BCUT2D eigenvalue weighted by molar-refractivity contribution is 5.79. The molecule has 3 rings (SSSR count). The van der Waals surface area contributed by atoms with Crippen molar-refractivity contribution in [2.75, 3.05) is 46.4 Å². The van der Waals surface area contributed by atoms with E-state index < -0.39 is 0 Å². The monoisotopic (exact) mass is 372 g/mol. The van der Waals surface area contributed by atoms with Gasteiger partial charge in [0, 0.05) is 32.7 Å². The minimum Gasteiger partial charge on any atom is -0.497 e. The Morgan fingerprint density at radius 1 is 1.00 bits per heavy atom. The molecular formula is C21H25FN2O3. The van der Waals surface area contributed by atoms with Gasteiger partial charge < -0.3 is 14.4 Å². The van der Waals surface area contributed by atoms with Crippen LogP contribution in [0.1, 0.15) is 5.56 Å². The van der Waals surface area contributed by atoms with E-state index in [1.165, 1.54) is 6.07 Å². The molecule has 0 atom stereocenters. The van der Waals surface area contributed by atoms with Gasteiger partial charge in [-0.1, -0.05) is 18.2 Å². The van der Waals surface area contributed by atoms with Crippen molar-refractivity contribution in [1.29, 1.82) is 0 Å². The number of amides is 1. The molecule has 144 valence electrons. The fourth-order valence-corrected chi connectivity index (χ4v) is 3.10. The third-order valence-electron chi connectivity index (χ3n) is 4.76. The molecule has 2 aromatic carbocycles. The zero-order chi connectivity index (χ0) is 19.1. The van der Waals surface area contributed by atoms with Crippen LogP contribution in [-0.2, 0) is 11.2 Å². The third-order valence-corrected chi connectivity index (χ3v) is 4.76. The average Bonchev–Trinajstić information content (AvgIpc) is 2.71. The first kappa shape index (κ1) is 19.2. The van der Waals surface area contributed by atoms with Crippen LogP contribution >= 0.6 is 0 Å².